The standard InChI is InChI=1S/C9H8N2O2.C9H10N2.CH4/c1-7(10-2)8-3-5-9(6-4-8)11(12)13;1-7(11-2)8-3-5-9(10)6-4-8;/h3-7H,1H3;3-7H,10H2,1H3;1H4. The van der Waals surface area contributed by atoms with Gasteiger partial charge in [-0.05, 0) is 36.4 Å². The van der Waals surface area contributed by atoms with Crippen LogP contribution in [0.5, 0.6) is 0 Å². The molecule has 6 heteroatoms. The number of anilines is 1. The third kappa shape index (κ3) is 6.72. The average molecular weight is 338 g/mol. The van der Waals surface area contributed by atoms with Gasteiger partial charge in [0.25, 0.3) is 5.69 Å². The number of nitro groups is 1. The van der Waals surface area contributed by atoms with Crippen LogP contribution in [-0.4, -0.2) is 4.92 Å². The van der Waals surface area contributed by atoms with E-state index >= 15 is 0 Å². The first kappa shape index (κ1) is 21.6. The number of benzene rings is 2. The fraction of sp³-hybridized carbons (Fsp3) is 0.263. The van der Waals surface area contributed by atoms with E-state index in [0.717, 1.165) is 16.8 Å². The van der Waals surface area contributed by atoms with Gasteiger partial charge >= 0.3 is 0 Å². The number of nitrogens with zero attached hydrogens (tertiary/aromatic N) is 3. The molecule has 0 spiro atoms. The molecule has 130 valence electrons. The molecule has 0 aromatic heterocycles. The van der Waals surface area contributed by atoms with E-state index in [1.807, 2.05) is 31.2 Å². The van der Waals surface area contributed by atoms with Gasteiger partial charge in [0.1, 0.15) is 0 Å². The minimum atomic E-state index is -0.452. The van der Waals surface area contributed by atoms with Crippen LogP contribution in [0.2, 0.25) is 0 Å². The lowest BCUT2D eigenvalue weighted by atomic mass is 10.1. The molecule has 0 radical (unpaired) electrons. The fourth-order valence-corrected chi connectivity index (χ4v) is 1.80. The largest absolute Gasteiger partial charge is 0.399 e. The third-order valence-electron chi connectivity index (χ3n) is 3.39. The van der Waals surface area contributed by atoms with Crippen molar-refractivity contribution in [1.29, 1.82) is 0 Å². The van der Waals surface area contributed by atoms with Gasteiger partial charge in [-0.3, -0.25) is 10.1 Å². The summed E-state index contributed by atoms with van der Waals surface area (Å²) in [7, 11) is 0. The van der Waals surface area contributed by atoms with E-state index in [-0.39, 0.29) is 25.2 Å². The minimum Gasteiger partial charge on any atom is -0.399 e. The number of non-ortho nitro benzene ring substituents is 1. The highest BCUT2D eigenvalue weighted by Crippen LogP contribution is 2.19. The molecule has 0 bridgehead atoms. The van der Waals surface area contributed by atoms with Crippen molar-refractivity contribution in [1.82, 2.24) is 0 Å². The van der Waals surface area contributed by atoms with Crippen molar-refractivity contribution < 1.29 is 4.92 Å². The summed E-state index contributed by atoms with van der Waals surface area (Å²) in [6, 6.07) is 13.2. The summed E-state index contributed by atoms with van der Waals surface area (Å²) < 4.78 is 0. The maximum atomic E-state index is 10.3. The zero-order valence-electron chi connectivity index (χ0n) is 13.5. The third-order valence-corrected chi connectivity index (χ3v) is 3.39. The highest BCUT2D eigenvalue weighted by molar-refractivity contribution is 5.40. The minimum absolute atomic E-state index is 0. The van der Waals surface area contributed by atoms with Crippen molar-refractivity contribution >= 4 is 11.4 Å². The van der Waals surface area contributed by atoms with Crippen LogP contribution < -0.4 is 5.73 Å². The second kappa shape index (κ2) is 10.4. The Morgan fingerprint density at radius 3 is 1.60 bits per heavy atom. The molecule has 2 N–H and O–H groups in total. The van der Waals surface area contributed by atoms with E-state index in [1.54, 1.807) is 19.1 Å². The molecule has 6 nitrogen and oxygen atoms in total. The highest BCUT2D eigenvalue weighted by atomic mass is 16.6. The Balaban J connectivity index is 0.000000449. The molecule has 0 saturated heterocycles. The second-order valence-corrected chi connectivity index (χ2v) is 5.13. The zero-order chi connectivity index (χ0) is 18.1. The van der Waals surface area contributed by atoms with Gasteiger partial charge in [-0.25, -0.2) is 13.1 Å². The molecular weight excluding hydrogens is 316 g/mol. The van der Waals surface area contributed by atoms with E-state index in [9.17, 15) is 10.1 Å². The van der Waals surface area contributed by atoms with Crippen LogP contribution in [0.4, 0.5) is 11.4 Å². The topological polar surface area (TPSA) is 77.9 Å². The lowest BCUT2D eigenvalue weighted by Gasteiger charge is -1.98. The molecule has 0 fully saturated rings. The van der Waals surface area contributed by atoms with Gasteiger partial charge in [0.05, 0.1) is 4.92 Å². The molecule has 2 rings (SSSR count). The second-order valence-electron chi connectivity index (χ2n) is 5.13. The summed E-state index contributed by atoms with van der Waals surface area (Å²) in [6.45, 7) is 17.2. The highest BCUT2D eigenvalue weighted by Gasteiger charge is 2.10. The van der Waals surface area contributed by atoms with E-state index < -0.39 is 4.92 Å². The Bertz CT molecular complexity index is 756. The van der Waals surface area contributed by atoms with Gasteiger partial charge in [0.15, 0.2) is 0 Å². The lowest BCUT2D eigenvalue weighted by molar-refractivity contribution is -0.384. The molecule has 0 saturated carbocycles. The van der Waals surface area contributed by atoms with E-state index in [4.69, 9.17) is 18.9 Å². The van der Waals surface area contributed by atoms with Crippen molar-refractivity contribution in [3.63, 3.8) is 0 Å². The molecule has 0 aliphatic heterocycles. The number of hydrogen-bond donors (Lipinski definition) is 1. The molecule has 2 aromatic rings. The van der Waals surface area contributed by atoms with Crippen LogP contribution >= 0.6 is 0 Å². The zero-order valence-corrected chi connectivity index (χ0v) is 13.5. The smallest absolute Gasteiger partial charge is 0.269 e. The fourth-order valence-electron chi connectivity index (χ4n) is 1.80. The van der Waals surface area contributed by atoms with Crippen LogP contribution in [0.15, 0.2) is 48.5 Å². The maximum Gasteiger partial charge on any atom is 0.269 e. The lowest BCUT2D eigenvalue weighted by Crippen LogP contribution is -1.90. The van der Waals surface area contributed by atoms with E-state index in [0.29, 0.717) is 0 Å². The van der Waals surface area contributed by atoms with Crippen LogP contribution in [0.1, 0.15) is 44.5 Å². The normalized spacial score (nSPS) is 11.4. The van der Waals surface area contributed by atoms with Crippen molar-refractivity contribution in [2.45, 2.75) is 33.4 Å². The van der Waals surface area contributed by atoms with Crippen molar-refractivity contribution in [2.75, 3.05) is 5.73 Å². The Kier molecular flexibility index (Phi) is 9.00. The van der Waals surface area contributed by atoms with Gasteiger partial charge in [0.2, 0.25) is 12.1 Å². The molecule has 2 unspecified atom stereocenters. The van der Waals surface area contributed by atoms with Crippen LogP contribution in [0, 0.1) is 23.3 Å². The molecule has 25 heavy (non-hydrogen) atoms. The van der Waals surface area contributed by atoms with Crippen molar-refractivity contribution in [2.24, 2.45) is 0 Å². The van der Waals surface area contributed by atoms with Crippen molar-refractivity contribution in [3.05, 3.63) is 92.6 Å². The summed E-state index contributed by atoms with van der Waals surface area (Å²) in [6.07, 6.45) is 0. The van der Waals surface area contributed by atoms with Crippen molar-refractivity contribution in [3.8, 4) is 0 Å². The summed E-state index contributed by atoms with van der Waals surface area (Å²) in [5.74, 6) is 0. The first-order valence-electron chi connectivity index (χ1n) is 7.22. The SMILES string of the molecule is C.[C-]#[N+]C(C)c1ccc(N)cc1.[C-]#[N+]C(C)c1ccc([N+](=O)[O-])cc1. The Morgan fingerprint density at radius 2 is 1.28 bits per heavy atom. The first-order valence-corrected chi connectivity index (χ1v) is 7.22. The monoisotopic (exact) mass is 338 g/mol. The Morgan fingerprint density at radius 1 is 0.920 bits per heavy atom. The molecule has 0 amide bonds. The molecule has 0 aliphatic carbocycles. The number of hydrogen-bond acceptors (Lipinski definition) is 3. The quantitative estimate of drug-likeness (QED) is 0.349. The van der Waals surface area contributed by atoms with E-state index in [1.165, 1.54) is 12.1 Å². The maximum absolute atomic E-state index is 10.3. The van der Waals surface area contributed by atoms with Gasteiger partial charge in [0, 0.05) is 42.8 Å². The molecular formula is C19H22N4O2. The molecule has 0 heterocycles. The number of nitro benzene ring substituents is 1. The number of rotatable bonds is 3. The summed E-state index contributed by atoms with van der Waals surface area (Å²) in [5.41, 5.74) is 8.12. The number of nitrogen functional groups attached to an aromatic ring is 1. The predicted octanol–water partition coefficient (Wildman–Crippen LogP) is 5.46. The van der Waals surface area contributed by atoms with Crippen LogP contribution in [-0.2, 0) is 0 Å². The van der Waals surface area contributed by atoms with Crippen LogP contribution in [0.3, 0.4) is 0 Å². The summed E-state index contributed by atoms with van der Waals surface area (Å²) >= 11 is 0. The molecule has 2 aromatic carbocycles. The first-order chi connectivity index (χ1) is 11.4. The van der Waals surface area contributed by atoms with Gasteiger partial charge in [-0.2, -0.15) is 0 Å². The van der Waals surface area contributed by atoms with Gasteiger partial charge in [-0.1, -0.05) is 7.43 Å². The summed E-state index contributed by atoms with van der Waals surface area (Å²) in [4.78, 5) is 16.6. The number of nitrogens with two attached hydrogens (primary N) is 1. The molecule has 2 atom stereocenters. The van der Waals surface area contributed by atoms with Gasteiger partial charge in [-0.15, -0.1) is 0 Å². The van der Waals surface area contributed by atoms with Crippen LogP contribution in [0.25, 0.3) is 9.69 Å². The Hall–Kier alpha value is -3.38. The van der Waals surface area contributed by atoms with E-state index in [2.05, 4.69) is 9.69 Å². The Labute approximate surface area is 148 Å². The molecule has 0 aliphatic rings. The predicted molar refractivity (Wildman–Crippen MR) is 101 cm³/mol. The van der Waals surface area contributed by atoms with Gasteiger partial charge < -0.3 is 15.4 Å². The average Bonchev–Trinajstić information content (AvgIpc) is 2.61. The summed E-state index contributed by atoms with van der Waals surface area (Å²) in [5, 5.41) is 10.3.